The number of rotatable bonds is 9. The third-order valence-electron chi connectivity index (χ3n) is 2.26. The molecule has 0 saturated carbocycles. The minimum absolute atomic E-state index is 0.0472. The van der Waals surface area contributed by atoms with Crippen molar-refractivity contribution in [2.24, 2.45) is 0 Å². The molecule has 8 heteroatoms. The van der Waals surface area contributed by atoms with E-state index in [1.165, 1.54) is 7.05 Å². The van der Waals surface area contributed by atoms with Crippen molar-refractivity contribution >= 4 is 21.9 Å². The zero-order valence-corrected chi connectivity index (χ0v) is 11.5. The fourth-order valence-corrected chi connectivity index (χ4v) is 2.88. The number of sulfonamides is 1. The van der Waals surface area contributed by atoms with Gasteiger partial charge in [0, 0.05) is 20.0 Å². The van der Waals surface area contributed by atoms with Crippen LogP contribution in [0.5, 0.6) is 0 Å². The highest BCUT2D eigenvalue weighted by molar-refractivity contribution is 7.89. The van der Waals surface area contributed by atoms with Gasteiger partial charge >= 0.3 is 5.97 Å². The first-order valence-corrected chi connectivity index (χ1v) is 7.34. The van der Waals surface area contributed by atoms with E-state index in [4.69, 9.17) is 5.11 Å². The molecule has 2 N–H and O–H groups in total. The lowest BCUT2D eigenvalue weighted by molar-refractivity contribution is -0.137. The second-order valence-electron chi connectivity index (χ2n) is 3.82. The van der Waals surface area contributed by atoms with Crippen molar-refractivity contribution < 1.29 is 23.1 Å². The Hall–Kier alpha value is -1.15. The van der Waals surface area contributed by atoms with Gasteiger partial charge in [-0.25, -0.2) is 8.42 Å². The van der Waals surface area contributed by atoms with Gasteiger partial charge in [-0.2, -0.15) is 4.31 Å². The zero-order valence-electron chi connectivity index (χ0n) is 10.7. The van der Waals surface area contributed by atoms with Gasteiger partial charge in [-0.05, 0) is 12.8 Å². The van der Waals surface area contributed by atoms with Crippen LogP contribution in [0.2, 0.25) is 0 Å². The average molecular weight is 280 g/mol. The highest BCUT2D eigenvalue weighted by atomic mass is 32.2. The van der Waals surface area contributed by atoms with Gasteiger partial charge in [0.1, 0.15) is 0 Å². The normalized spacial score (nSPS) is 11.5. The van der Waals surface area contributed by atoms with Crippen LogP contribution in [-0.4, -0.2) is 55.6 Å². The van der Waals surface area contributed by atoms with Crippen LogP contribution < -0.4 is 5.32 Å². The first-order chi connectivity index (χ1) is 8.33. The summed E-state index contributed by atoms with van der Waals surface area (Å²) in [6.45, 7) is 1.84. The summed E-state index contributed by atoms with van der Waals surface area (Å²) >= 11 is 0. The number of hydrogen-bond acceptors (Lipinski definition) is 4. The third-order valence-corrected chi connectivity index (χ3v) is 4.16. The highest BCUT2D eigenvalue weighted by Crippen LogP contribution is 2.06. The summed E-state index contributed by atoms with van der Waals surface area (Å²) in [5.41, 5.74) is 0. The Morgan fingerprint density at radius 1 is 1.33 bits per heavy atom. The van der Waals surface area contributed by atoms with E-state index < -0.39 is 16.0 Å². The standard InChI is InChI=1S/C10H20N2O5S/c1-3-6-12(8-9(13)11-2)18(16,17)7-4-5-10(14)15/h3-8H2,1-2H3,(H,11,13)(H,14,15). The predicted molar refractivity (Wildman–Crippen MR) is 66.6 cm³/mol. The topological polar surface area (TPSA) is 104 Å². The van der Waals surface area contributed by atoms with E-state index in [-0.39, 0.29) is 37.6 Å². The Bertz CT molecular complexity index is 380. The van der Waals surface area contributed by atoms with Gasteiger partial charge in [-0.1, -0.05) is 6.92 Å². The summed E-state index contributed by atoms with van der Waals surface area (Å²) in [5.74, 6) is -1.67. The van der Waals surface area contributed by atoms with Gasteiger partial charge in [0.15, 0.2) is 0 Å². The average Bonchev–Trinajstić information content (AvgIpc) is 2.27. The lowest BCUT2D eigenvalue weighted by Gasteiger charge is -2.20. The molecule has 0 heterocycles. The van der Waals surface area contributed by atoms with Crippen LogP contribution in [0, 0.1) is 0 Å². The number of carbonyl (C=O) groups is 2. The molecular formula is C10H20N2O5S. The minimum Gasteiger partial charge on any atom is -0.481 e. The molecule has 0 bridgehead atoms. The number of likely N-dealkylation sites (N-methyl/N-ethyl adjacent to an activating group) is 1. The van der Waals surface area contributed by atoms with Gasteiger partial charge in [-0.15, -0.1) is 0 Å². The molecule has 18 heavy (non-hydrogen) atoms. The Balaban J connectivity index is 4.55. The zero-order chi connectivity index (χ0) is 14.2. The fraction of sp³-hybridized carbons (Fsp3) is 0.800. The lowest BCUT2D eigenvalue weighted by atomic mass is 10.3. The molecule has 0 spiro atoms. The monoisotopic (exact) mass is 280 g/mol. The smallest absolute Gasteiger partial charge is 0.303 e. The number of amides is 1. The van der Waals surface area contributed by atoms with Crippen LogP contribution >= 0.6 is 0 Å². The van der Waals surface area contributed by atoms with Crippen molar-refractivity contribution in [1.82, 2.24) is 9.62 Å². The number of carbonyl (C=O) groups excluding carboxylic acids is 1. The van der Waals surface area contributed by atoms with E-state index in [0.717, 1.165) is 4.31 Å². The van der Waals surface area contributed by atoms with Crippen molar-refractivity contribution in [2.75, 3.05) is 25.9 Å². The summed E-state index contributed by atoms with van der Waals surface area (Å²) in [7, 11) is -2.14. The second kappa shape index (κ2) is 8.04. The summed E-state index contributed by atoms with van der Waals surface area (Å²) < 4.78 is 24.9. The molecule has 0 fully saturated rings. The Kier molecular flexibility index (Phi) is 7.53. The van der Waals surface area contributed by atoms with Crippen molar-refractivity contribution in [3.05, 3.63) is 0 Å². The number of carboxylic acid groups (broad SMARTS) is 1. The van der Waals surface area contributed by atoms with Crippen LogP contribution in [0.15, 0.2) is 0 Å². The van der Waals surface area contributed by atoms with E-state index in [0.29, 0.717) is 6.42 Å². The Labute approximate surface area is 107 Å². The van der Waals surface area contributed by atoms with Crippen LogP contribution in [0.4, 0.5) is 0 Å². The van der Waals surface area contributed by atoms with Crippen molar-refractivity contribution in [3.63, 3.8) is 0 Å². The molecule has 0 aliphatic rings. The maximum Gasteiger partial charge on any atom is 0.303 e. The maximum absolute atomic E-state index is 11.9. The molecule has 0 atom stereocenters. The van der Waals surface area contributed by atoms with Crippen molar-refractivity contribution in [3.8, 4) is 0 Å². The number of carboxylic acids is 1. The Morgan fingerprint density at radius 3 is 2.39 bits per heavy atom. The Morgan fingerprint density at radius 2 is 1.94 bits per heavy atom. The quantitative estimate of drug-likeness (QED) is 0.600. The summed E-state index contributed by atoms with van der Waals surface area (Å²) in [4.78, 5) is 21.5. The molecule has 0 radical (unpaired) electrons. The number of nitrogens with one attached hydrogen (secondary N) is 1. The van der Waals surface area contributed by atoms with E-state index >= 15 is 0 Å². The summed E-state index contributed by atoms with van der Waals surface area (Å²) in [6.07, 6.45) is 0.444. The molecule has 0 aromatic heterocycles. The molecule has 0 aromatic carbocycles. The minimum atomic E-state index is -3.58. The van der Waals surface area contributed by atoms with Crippen LogP contribution in [0.1, 0.15) is 26.2 Å². The molecule has 0 aliphatic heterocycles. The van der Waals surface area contributed by atoms with Crippen molar-refractivity contribution in [2.45, 2.75) is 26.2 Å². The lowest BCUT2D eigenvalue weighted by Crippen LogP contribution is -2.41. The first-order valence-electron chi connectivity index (χ1n) is 5.73. The van der Waals surface area contributed by atoms with E-state index in [2.05, 4.69) is 5.32 Å². The number of nitrogens with zero attached hydrogens (tertiary/aromatic N) is 1. The fourth-order valence-electron chi connectivity index (χ4n) is 1.34. The van der Waals surface area contributed by atoms with E-state index in [1.54, 1.807) is 0 Å². The third kappa shape index (κ3) is 6.55. The van der Waals surface area contributed by atoms with Crippen LogP contribution in [0.25, 0.3) is 0 Å². The molecule has 106 valence electrons. The molecule has 0 rings (SSSR count). The molecule has 0 unspecified atom stereocenters. The van der Waals surface area contributed by atoms with Gasteiger partial charge < -0.3 is 10.4 Å². The van der Waals surface area contributed by atoms with Gasteiger partial charge in [0.05, 0.1) is 12.3 Å². The van der Waals surface area contributed by atoms with Gasteiger partial charge in [0.2, 0.25) is 15.9 Å². The predicted octanol–water partition coefficient (Wildman–Crippen LogP) is -0.361. The number of aliphatic carboxylic acids is 1. The first kappa shape index (κ1) is 16.9. The van der Waals surface area contributed by atoms with Crippen LogP contribution in [0.3, 0.4) is 0 Å². The summed E-state index contributed by atoms with van der Waals surface area (Å²) in [6, 6.07) is 0. The van der Waals surface area contributed by atoms with Crippen LogP contribution in [-0.2, 0) is 19.6 Å². The second-order valence-corrected chi connectivity index (χ2v) is 5.91. The van der Waals surface area contributed by atoms with Crippen molar-refractivity contribution in [1.29, 1.82) is 0 Å². The molecule has 7 nitrogen and oxygen atoms in total. The molecule has 0 aromatic rings. The molecule has 0 aliphatic carbocycles. The van der Waals surface area contributed by atoms with E-state index in [1.807, 2.05) is 6.92 Å². The van der Waals surface area contributed by atoms with Gasteiger partial charge in [0.25, 0.3) is 0 Å². The van der Waals surface area contributed by atoms with Gasteiger partial charge in [-0.3, -0.25) is 9.59 Å². The molecule has 1 amide bonds. The largest absolute Gasteiger partial charge is 0.481 e. The van der Waals surface area contributed by atoms with E-state index in [9.17, 15) is 18.0 Å². The summed E-state index contributed by atoms with van der Waals surface area (Å²) in [5, 5.41) is 10.8. The maximum atomic E-state index is 11.9. The highest BCUT2D eigenvalue weighted by Gasteiger charge is 2.23. The number of hydrogen-bond donors (Lipinski definition) is 2. The molecule has 0 saturated heterocycles. The molecular weight excluding hydrogens is 260 g/mol. The SMILES string of the molecule is CCCN(CC(=O)NC)S(=O)(=O)CCCC(=O)O.